The molecule has 9 nitrogen and oxygen atoms in total. The Morgan fingerprint density at radius 1 is 1.31 bits per heavy atom. The molecule has 1 aliphatic heterocycles. The van der Waals surface area contributed by atoms with E-state index in [1.54, 1.807) is 18.2 Å². The van der Waals surface area contributed by atoms with E-state index < -0.39 is 15.6 Å². The molecule has 1 fully saturated rings. The van der Waals surface area contributed by atoms with Crippen LogP contribution in [-0.4, -0.2) is 57.0 Å². The Morgan fingerprint density at radius 3 is 2.83 bits per heavy atom. The fourth-order valence-electron chi connectivity index (χ4n) is 3.46. The molecule has 1 aliphatic rings. The van der Waals surface area contributed by atoms with E-state index in [2.05, 4.69) is 20.3 Å². The van der Waals surface area contributed by atoms with Crippen LogP contribution in [0.2, 0.25) is 10.0 Å². The van der Waals surface area contributed by atoms with Crippen molar-refractivity contribution in [3.63, 3.8) is 0 Å². The molecule has 1 aromatic carbocycles. The lowest BCUT2D eigenvalue weighted by Gasteiger charge is -2.30. The van der Waals surface area contributed by atoms with E-state index in [4.69, 9.17) is 23.2 Å². The van der Waals surface area contributed by atoms with Crippen molar-refractivity contribution in [1.82, 2.24) is 29.3 Å². The smallest absolute Gasteiger partial charge is 0.281 e. The van der Waals surface area contributed by atoms with Crippen LogP contribution in [0.1, 0.15) is 30.1 Å². The number of hydrogen-bond acceptors (Lipinski definition) is 6. The minimum Gasteiger partial charge on any atom is -0.308 e. The highest BCUT2D eigenvalue weighted by atomic mass is 35.5. The molecule has 0 bridgehead atoms. The molecule has 1 atom stereocenters. The number of halogens is 2. The predicted molar refractivity (Wildman–Crippen MR) is 110 cm³/mol. The van der Waals surface area contributed by atoms with Gasteiger partial charge in [0.1, 0.15) is 5.82 Å². The molecule has 0 aliphatic carbocycles. The lowest BCUT2D eigenvalue weighted by atomic mass is 9.99. The topological polar surface area (TPSA) is 114 Å². The van der Waals surface area contributed by atoms with Crippen LogP contribution < -0.4 is 5.56 Å². The highest BCUT2D eigenvalue weighted by Crippen LogP contribution is 2.26. The standard InChI is InChI=1S/C17H18Cl2N6O3S/c1-29(27,28)24-6-2-3-11(8-24)15-20-16-14(17(26)21-15)22-23-25(16)9-10-4-5-12(18)7-13(10)19/h4-5,7,11H,2-3,6,8-9H2,1H3,(H,20,21,26)/t11-/m1/s1. The van der Waals surface area contributed by atoms with Gasteiger partial charge in [-0.25, -0.2) is 22.4 Å². The van der Waals surface area contributed by atoms with E-state index in [-0.39, 0.29) is 24.5 Å². The first-order chi connectivity index (χ1) is 13.7. The lowest BCUT2D eigenvalue weighted by molar-refractivity contribution is 0.311. The van der Waals surface area contributed by atoms with Crippen molar-refractivity contribution >= 4 is 44.4 Å². The van der Waals surface area contributed by atoms with Gasteiger partial charge in [0.15, 0.2) is 11.2 Å². The predicted octanol–water partition coefficient (Wildman–Crippen LogP) is 2.01. The number of rotatable bonds is 4. The van der Waals surface area contributed by atoms with Crippen molar-refractivity contribution in [3.8, 4) is 0 Å². The quantitative estimate of drug-likeness (QED) is 0.641. The molecule has 154 valence electrons. The summed E-state index contributed by atoms with van der Waals surface area (Å²) < 4.78 is 26.7. The summed E-state index contributed by atoms with van der Waals surface area (Å²) in [6.45, 7) is 1.01. The summed E-state index contributed by atoms with van der Waals surface area (Å²) in [4.78, 5) is 19.8. The SMILES string of the molecule is CS(=O)(=O)N1CCC[C@@H](c2nc3c(nnn3Cc3ccc(Cl)cc3Cl)c(=O)[nH]2)C1. The van der Waals surface area contributed by atoms with Gasteiger partial charge in [-0.05, 0) is 30.5 Å². The van der Waals surface area contributed by atoms with Crippen LogP contribution in [0, 0.1) is 0 Å². The minimum absolute atomic E-state index is 0.120. The van der Waals surface area contributed by atoms with Gasteiger partial charge in [-0.15, -0.1) is 5.10 Å². The van der Waals surface area contributed by atoms with Crippen LogP contribution in [0.5, 0.6) is 0 Å². The average molecular weight is 457 g/mol. The zero-order chi connectivity index (χ0) is 20.8. The van der Waals surface area contributed by atoms with Crippen molar-refractivity contribution in [2.24, 2.45) is 0 Å². The van der Waals surface area contributed by atoms with E-state index in [1.165, 1.54) is 15.2 Å². The largest absolute Gasteiger partial charge is 0.308 e. The summed E-state index contributed by atoms with van der Waals surface area (Å²) >= 11 is 12.2. The van der Waals surface area contributed by atoms with Crippen molar-refractivity contribution < 1.29 is 8.42 Å². The molecule has 12 heteroatoms. The zero-order valence-corrected chi connectivity index (χ0v) is 17.8. The van der Waals surface area contributed by atoms with Crippen molar-refractivity contribution in [3.05, 3.63) is 50.0 Å². The number of hydrogen-bond donors (Lipinski definition) is 1. The van der Waals surface area contributed by atoms with Gasteiger partial charge in [-0.3, -0.25) is 4.79 Å². The van der Waals surface area contributed by atoms with E-state index in [0.717, 1.165) is 12.0 Å². The number of nitrogens with one attached hydrogen (secondary N) is 1. The monoisotopic (exact) mass is 456 g/mol. The highest BCUT2D eigenvalue weighted by Gasteiger charge is 2.29. The molecule has 2 aromatic heterocycles. The van der Waals surface area contributed by atoms with Crippen LogP contribution in [0.3, 0.4) is 0 Å². The number of H-pyrrole nitrogens is 1. The Bertz CT molecular complexity index is 1240. The molecule has 3 aromatic rings. The Labute approximate surface area is 176 Å². The Kier molecular flexibility index (Phi) is 5.36. The molecule has 1 saturated heterocycles. The molecule has 0 unspecified atom stereocenters. The van der Waals surface area contributed by atoms with Crippen LogP contribution in [0.25, 0.3) is 11.2 Å². The summed E-state index contributed by atoms with van der Waals surface area (Å²) in [7, 11) is -3.31. The Balaban J connectivity index is 1.71. The maximum atomic E-state index is 12.5. The molecule has 0 amide bonds. The summed E-state index contributed by atoms with van der Waals surface area (Å²) in [5, 5.41) is 8.97. The maximum Gasteiger partial charge on any atom is 0.281 e. The number of nitrogens with zero attached hydrogens (tertiary/aromatic N) is 5. The first kappa shape index (κ1) is 20.3. The second-order valence-corrected chi connectivity index (χ2v) is 9.89. The summed E-state index contributed by atoms with van der Waals surface area (Å²) in [5.41, 5.74) is 0.795. The number of fused-ring (bicyclic) bond motifs is 1. The first-order valence-electron chi connectivity index (χ1n) is 8.95. The number of benzene rings is 1. The molecule has 29 heavy (non-hydrogen) atoms. The minimum atomic E-state index is -3.31. The molecule has 0 radical (unpaired) electrons. The molecule has 4 rings (SSSR count). The van der Waals surface area contributed by atoms with Gasteiger partial charge in [-0.1, -0.05) is 34.5 Å². The van der Waals surface area contributed by atoms with Gasteiger partial charge in [0.05, 0.1) is 12.8 Å². The fourth-order valence-corrected chi connectivity index (χ4v) is 4.84. The Morgan fingerprint density at radius 2 is 2.10 bits per heavy atom. The van der Waals surface area contributed by atoms with Gasteiger partial charge in [0.25, 0.3) is 5.56 Å². The second kappa shape index (κ2) is 7.67. The van der Waals surface area contributed by atoms with E-state index in [9.17, 15) is 13.2 Å². The van der Waals surface area contributed by atoms with Crippen molar-refractivity contribution in [2.75, 3.05) is 19.3 Å². The zero-order valence-electron chi connectivity index (χ0n) is 15.5. The van der Waals surface area contributed by atoms with E-state index in [1.807, 2.05) is 0 Å². The van der Waals surface area contributed by atoms with Gasteiger partial charge in [0, 0.05) is 29.1 Å². The van der Waals surface area contributed by atoms with Gasteiger partial charge in [0.2, 0.25) is 10.0 Å². The second-order valence-electron chi connectivity index (χ2n) is 7.07. The van der Waals surface area contributed by atoms with Crippen LogP contribution in [-0.2, 0) is 16.6 Å². The molecule has 3 heterocycles. The van der Waals surface area contributed by atoms with E-state index >= 15 is 0 Å². The number of aromatic nitrogens is 5. The van der Waals surface area contributed by atoms with Gasteiger partial charge < -0.3 is 4.98 Å². The third kappa shape index (κ3) is 4.16. The summed E-state index contributed by atoms with van der Waals surface area (Å²) in [5.74, 6) is 0.222. The summed E-state index contributed by atoms with van der Waals surface area (Å²) in [6, 6.07) is 5.12. The normalized spacial score (nSPS) is 18.4. The van der Waals surface area contributed by atoms with Crippen molar-refractivity contribution in [1.29, 1.82) is 0 Å². The molecule has 0 saturated carbocycles. The first-order valence-corrected chi connectivity index (χ1v) is 11.6. The molecular weight excluding hydrogens is 439 g/mol. The van der Waals surface area contributed by atoms with Gasteiger partial charge >= 0.3 is 0 Å². The van der Waals surface area contributed by atoms with Crippen LogP contribution in [0.4, 0.5) is 0 Å². The lowest BCUT2D eigenvalue weighted by Crippen LogP contribution is -2.39. The highest BCUT2D eigenvalue weighted by molar-refractivity contribution is 7.88. The maximum absolute atomic E-state index is 12.5. The number of aromatic amines is 1. The third-order valence-corrected chi connectivity index (χ3v) is 6.82. The average Bonchev–Trinajstić information content (AvgIpc) is 3.07. The number of sulfonamides is 1. The number of piperidine rings is 1. The van der Waals surface area contributed by atoms with Crippen LogP contribution in [0.15, 0.2) is 23.0 Å². The van der Waals surface area contributed by atoms with E-state index in [0.29, 0.717) is 34.5 Å². The van der Waals surface area contributed by atoms with Crippen LogP contribution >= 0.6 is 23.2 Å². The third-order valence-electron chi connectivity index (χ3n) is 4.97. The van der Waals surface area contributed by atoms with Crippen molar-refractivity contribution in [2.45, 2.75) is 25.3 Å². The van der Waals surface area contributed by atoms with Gasteiger partial charge in [-0.2, -0.15) is 0 Å². The fraction of sp³-hybridized carbons (Fsp3) is 0.412. The molecular formula is C17H18Cl2N6O3S. The summed E-state index contributed by atoms with van der Waals surface area (Å²) in [6.07, 6.45) is 2.60. The molecule has 0 spiro atoms. The molecule has 1 N–H and O–H groups in total. The Hall–Kier alpha value is -2.01.